The molecule has 2 aromatic carbocycles. The summed E-state index contributed by atoms with van der Waals surface area (Å²) in [6.45, 7) is 1.89. The highest BCUT2D eigenvalue weighted by molar-refractivity contribution is 6.43. The zero-order valence-corrected chi connectivity index (χ0v) is 11.8. The second-order valence-electron chi connectivity index (χ2n) is 4.48. The second-order valence-corrected chi connectivity index (χ2v) is 4.48. The molecule has 2 amide bonds. The maximum Gasteiger partial charge on any atom is 0.314 e. The summed E-state index contributed by atoms with van der Waals surface area (Å²) in [5, 5.41) is 5.07. The topological polar surface area (TPSA) is 67.4 Å². The average Bonchev–Trinajstić information content (AvgIpc) is 2.48. The van der Waals surface area contributed by atoms with Crippen LogP contribution in [0.3, 0.4) is 0 Å². The zero-order chi connectivity index (χ0) is 15.2. The van der Waals surface area contributed by atoms with Gasteiger partial charge >= 0.3 is 11.8 Å². The predicted octanol–water partition coefficient (Wildman–Crippen LogP) is 2.58. The monoisotopic (exact) mass is 284 g/mol. The van der Waals surface area contributed by atoms with Crippen molar-refractivity contribution in [1.82, 2.24) is 0 Å². The number of ether oxygens (including phenoxy) is 1. The average molecular weight is 284 g/mol. The fraction of sp³-hybridized carbons (Fsp3) is 0.125. The summed E-state index contributed by atoms with van der Waals surface area (Å²) in [5.41, 5.74) is 1.98. The first kappa shape index (κ1) is 14.6. The summed E-state index contributed by atoms with van der Waals surface area (Å²) in [6.07, 6.45) is 0. The van der Waals surface area contributed by atoms with Gasteiger partial charge in [-0.05, 0) is 36.8 Å². The van der Waals surface area contributed by atoms with Crippen LogP contribution in [0.25, 0.3) is 0 Å². The largest absolute Gasteiger partial charge is 0.495 e. The molecule has 21 heavy (non-hydrogen) atoms. The van der Waals surface area contributed by atoms with Gasteiger partial charge in [-0.3, -0.25) is 9.59 Å². The van der Waals surface area contributed by atoms with E-state index in [9.17, 15) is 9.59 Å². The standard InChI is InChI=1S/C16H16N2O3/c1-11-8-9-14(21-2)13(10-11)18-16(20)15(19)17-12-6-4-3-5-7-12/h3-10H,1-2H3,(H,17,19)(H,18,20). The van der Waals surface area contributed by atoms with E-state index in [4.69, 9.17) is 4.74 Å². The number of hydrogen-bond acceptors (Lipinski definition) is 3. The molecule has 0 saturated carbocycles. The van der Waals surface area contributed by atoms with Crippen LogP contribution < -0.4 is 15.4 Å². The zero-order valence-electron chi connectivity index (χ0n) is 11.8. The number of anilines is 2. The van der Waals surface area contributed by atoms with Crippen LogP contribution in [0.4, 0.5) is 11.4 Å². The van der Waals surface area contributed by atoms with Gasteiger partial charge in [0, 0.05) is 5.69 Å². The molecule has 0 heterocycles. The van der Waals surface area contributed by atoms with Gasteiger partial charge in [-0.15, -0.1) is 0 Å². The lowest BCUT2D eigenvalue weighted by atomic mass is 10.2. The number of hydrogen-bond donors (Lipinski definition) is 2. The van der Waals surface area contributed by atoms with Gasteiger partial charge in [0.05, 0.1) is 12.8 Å². The molecular formula is C16H16N2O3. The third kappa shape index (κ3) is 3.82. The molecule has 0 spiro atoms. The highest BCUT2D eigenvalue weighted by Gasteiger charge is 2.16. The molecule has 108 valence electrons. The number of carbonyl (C=O) groups is 2. The molecule has 2 N–H and O–H groups in total. The van der Waals surface area contributed by atoms with Gasteiger partial charge in [0.2, 0.25) is 0 Å². The molecule has 0 aliphatic rings. The lowest BCUT2D eigenvalue weighted by Crippen LogP contribution is -2.29. The molecule has 0 aromatic heterocycles. The molecule has 0 fully saturated rings. The summed E-state index contributed by atoms with van der Waals surface area (Å²) >= 11 is 0. The normalized spacial score (nSPS) is 9.81. The molecule has 0 atom stereocenters. The van der Waals surface area contributed by atoms with Crippen molar-refractivity contribution < 1.29 is 14.3 Å². The highest BCUT2D eigenvalue weighted by Crippen LogP contribution is 2.25. The van der Waals surface area contributed by atoms with E-state index in [0.717, 1.165) is 5.56 Å². The molecule has 5 nitrogen and oxygen atoms in total. The van der Waals surface area contributed by atoms with Crippen LogP contribution in [0.1, 0.15) is 5.56 Å². The fourth-order valence-corrected chi connectivity index (χ4v) is 1.81. The van der Waals surface area contributed by atoms with Crippen molar-refractivity contribution in [3.8, 4) is 5.75 Å². The number of nitrogens with one attached hydrogen (secondary N) is 2. The third-order valence-corrected chi connectivity index (χ3v) is 2.84. The maximum atomic E-state index is 11.9. The first-order valence-electron chi connectivity index (χ1n) is 6.42. The van der Waals surface area contributed by atoms with Crippen molar-refractivity contribution in [3.05, 3.63) is 54.1 Å². The molecule has 0 aliphatic carbocycles. The molecule has 0 saturated heterocycles. The molecule has 2 rings (SSSR count). The Morgan fingerprint density at radius 2 is 1.62 bits per heavy atom. The van der Waals surface area contributed by atoms with Crippen molar-refractivity contribution in [2.24, 2.45) is 0 Å². The number of aryl methyl sites for hydroxylation is 1. The Bertz CT molecular complexity index is 654. The summed E-state index contributed by atoms with van der Waals surface area (Å²) in [6, 6.07) is 14.1. The van der Waals surface area contributed by atoms with Crippen molar-refractivity contribution >= 4 is 23.2 Å². The number of para-hydroxylation sites is 1. The van der Waals surface area contributed by atoms with E-state index < -0.39 is 11.8 Å². The summed E-state index contributed by atoms with van der Waals surface area (Å²) in [7, 11) is 1.50. The van der Waals surface area contributed by atoms with Gasteiger partial charge in [0.1, 0.15) is 5.75 Å². The lowest BCUT2D eigenvalue weighted by molar-refractivity contribution is -0.133. The van der Waals surface area contributed by atoms with Gasteiger partial charge in [0.25, 0.3) is 0 Å². The number of methoxy groups -OCH3 is 1. The van der Waals surface area contributed by atoms with Gasteiger partial charge in [-0.1, -0.05) is 24.3 Å². The van der Waals surface area contributed by atoms with Gasteiger partial charge in [-0.2, -0.15) is 0 Å². The Morgan fingerprint density at radius 3 is 2.29 bits per heavy atom. The predicted molar refractivity (Wildman–Crippen MR) is 81.4 cm³/mol. The summed E-state index contributed by atoms with van der Waals surface area (Å²) in [4.78, 5) is 23.8. The van der Waals surface area contributed by atoms with E-state index in [-0.39, 0.29) is 0 Å². The van der Waals surface area contributed by atoms with Crippen LogP contribution in [0, 0.1) is 6.92 Å². The number of carbonyl (C=O) groups excluding carboxylic acids is 2. The van der Waals surface area contributed by atoms with Crippen molar-refractivity contribution in [2.45, 2.75) is 6.92 Å². The Hall–Kier alpha value is -2.82. The van der Waals surface area contributed by atoms with Crippen LogP contribution in [0.2, 0.25) is 0 Å². The quantitative estimate of drug-likeness (QED) is 0.851. The minimum absolute atomic E-state index is 0.464. The van der Waals surface area contributed by atoms with Crippen LogP contribution >= 0.6 is 0 Å². The minimum Gasteiger partial charge on any atom is -0.495 e. The van der Waals surface area contributed by atoms with Gasteiger partial charge in [0.15, 0.2) is 0 Å². The van der Waals surface area contributed by atoms with E-state index in [1.54, 1.807) is 36.4 Å². The van der Waals surface area contributed by atoms with Crippen molar-refractivity contribution in [2.75, 3.05) is 17.7 Å². The lowest BCUT2D eigenvalue weighted by Gasteiger charge is -2.11. The Morgan fingerprint density at radius 1 is 0.952 bits per heavy atom. The molecular weight excluding hydrogens is 268 g/mol. The minimum atomic E-state index is -0.747. The van der Waals surface area contributed by atoms with Crippen LogP contribution in [0.15, 0.2) is 48.5 Å². The Balaban J connectivity index is 2.07. The Labute approximate surface area is 122 Å². The first-order chi connectivity index (χ1) is 10.1. The fourth-order valence-electron chi connectivity index (χ4n) is 1.81. The maximum absolute atomic E-state index is 11.9. The van der Waals surface area contributed by atoms with E-state index >= 15 is 0 Å². The smallest absolute Gasteiger partial charge is 0.314 e. The highest BCUT2D eigenvalue weighted by atomic mass is 16.5. The molecule has 5 heteroatoms. The molecule has 2 aromatic rings. The van der Waals surface area contributed by atoms with Crippen LogP contribution in [-0.2, 0) is 9.59 Å². The summed E-state index contributed by atoms with van der Waals surface area (Å²) < 4.78 is 5.15. The molecule has 0 aliphatic heterocycles. The van der Waals surface area contributed by atoms with Crippen molar-refractivity contribution in [3.63, 3.8) is 0 Å². The van der Waals surface area contributed by atoms with E-state index in [1.807, 2.05) is 19.1 Å². The van der Waals surface area contributed by atoms with Gasteiger partial charge in [-0.25, -0.2) is 0 Å². The SMILES string of the molecule is COc1ccc(C)cc1NC(=O)C(=O)Nc1ccccc1. The van der Waals surface area contributed by atoms with Crippen LogP contribution in [0.5, 0.6) is 5.75 Å². The molecule has 0 bridgehead atoms. The van der Waals surface area contributed by atoms with E-state index in [1.165, 1.54) is 7.11 Å². The number of amides is 2. The molecule has 0 radical (unpaired) electrons. The van der Waals surface area contributed by atoms with Crippen LogP contribution in [-0.4, -0.2) is 18.9 Å². The summed E-state index contributed by atoms with van der Waals surface area (Å²) in [5.74, 6) is -0.978. The van der Waals surface area contributed by atoms with E-state index in [2.05, 4.69) is 10.6 Å². The second kappa shape index (κ2) is 6.56. The third-order valence-electron chi connectivity index (χ3n) is 2.84. The van der Waals surface area contributed by atoms with E-state index in [0.29, 0.717) is 17.1 Å². The number of benzene rings is 2. The molecule has 0 unspecified atom stereocenters. The van der Waals surface area contributed by atoms with Crippen molar-refractivity contribution in [1.29, 1.82) is 0 Å². The number of rotatable bonds is 3. The van der Waals surface area contributed by atoms with Gasteiger partial charge < -0.3 is 15.4 Å². The first-order valence-corrected chi connectivity index (χ1v) is 6.42. The Kier molecular flexibility index (Phi) is 4.56.